The van der Waals surface area contributed by atoms with Crippen molar-refractivity contribution in [3.05, 3.63) is 20.1 Å². The number of carbonyl (C=O) groups is 1. The van der Waals surface area contributed by atoms with Gasteiger partial charge in [0.1, 0.15) is 6.61 Å². The predicted molar refractivity (Wildman–Crippen MR) is 81.9 cm³/mol. The monoisotopic (exact) mass is 389 g/mol. The van der Waals surface area contributed by atoms with E-state index in [0.29, 0.717) is 16.1 Å². The Hall–Kier alpha value is -0.960. The molecule has 108 valence electrons. The highest BCUT2D eigenvalue weighted by Crippen LogP contribution is 2.37. The average Bonchev–Trinajstić information content (AvgIpc) is 2.79. The van der Waals surface area contributed by atoms with Crippen molar-refractivity contribution in [2.45, 2.75) is 12.8 Å². The van der Waals surface area contributed by atoms with Crippen molar-refractivity contribution in [2.75, 3.05) is 31.2 Å². The van der Waals surface area contributed by atoms with Gasteiger partial charge >= 0.3 is 0 Å². The van der Waals surface area contributed by atoms with E-state index in [-0.39, 0.29) is 23.4 Å². The summed E-state index contributed by atoms with van der Waals surface area (Å²) in [5.41, 5.74) is -0.324. The van der Waals surface area contributed by atoms with Gasteiger partial charge in [-0.15, -0.1) is 0 Å². The Morgan fingerprint density at radius 2 is 2.05 bits per heavy atom. The van der Waals surface area contributed by atoms with Crippen molar-refractivity contribution in [3.63, 3.8) is 0 Å². The molecule has 7 heteroatoms. The van der Waals surface area contributed by atoms with Crippen LogP contribution in [0.5, 0.6) is 0 Å². The lowest BCUT2D eigenvalue weighted by atomic mass is 9.77. The van der Waals surface area contributed by atoms with E-state index in [1.54, 1.807) is 17.8 Å². The first kappa shape index (κ1) is 14.0. The molecule has 3 heterocycles. The zero-order chi connectivity index (χ0) is 14.3. The molecule has 0 aliphatic carbocycles. The van der Waals surface area contributed by atoms with E-state index in [9.17, 15) is 9.59 Å². The van der Waals surface area contributed by atoms with Gasteiger partial charge in [-0.1, -0.05) is 0 Å². The number of piperidine rings is 1. The summed E-state index contributed by atoms with van der Waals surface area (Å²) in [4.78, 5) is 30.3. The van der Waals surface area contributed by atoms with Gasteiger partial charge < -0.3 is 9.64 Å². The highest BCUT2D eigenvalue weighted by atomic mass is 127. The third-order valence-corrected chi connectivity index (χ3v) is 5.05. The summed E-state index contributed by atoms with van der Waals surface area (Å²) in [5.74, 6) is 0.901. The van der Waals surface area contributed by atoms with Crippen LogP contribution in [0.25, 0.3) is 0 Å². The number of carbonyl (C=O) groups excluding carboxylic acids is 1. The number of halogens is 1. The van der Waals surface area contributed by atoms with E-state index in [0.717, 1.165) is 25.9 Å². The highest BCUT2D eigenvalue weighted by molar-refractivity contribution is 14.1. The molecule has 1 aromatic rings. The number of Topliss-reactive ketones (excluding diaryl/α,β-unsaturated/α-hetero) is 1. The summed E-state index contributed by atoms with van der Waals surface area (Å²) >= 11 is 1.99. The number of ketones is 1. The van der Waals surface area contributed by atoms with Crippen LogP contribution in [-0.4, -0.2) is 41.6 Å². The second kappa shape index (κ2) is 5.10. The Morgan fingerprint density at radius 3 is 2.65 bits per heavy atom. The number of nitrogens with zero attached hydrogens (tertiary/aromatic N) is 3. The van der Waals surface area contributed by atoms with Gasteiger partial charge in [-0.25, -0.2) is 4.98 Å². The Bertz CT molecular complexity index is 605. The Kier molecular flexibility index (Phi) is 3.57. The van der Waals surface area contributed by atoms with Gasteiger partial charge in [0.2, 0.25) is 5.95 Å². The fraction of sp³-hybridized carbons (Fsp3) is 0.615. The molecule has 1 spiro atoms. The number of hydrogen-bond acceptors (Lipinski definition) is 5. The Morgan fingerprint density at radius 1 is 1.35 bits per heavy atom. The van der Waals surface area contributed by atoms with Gasteiger partial charge in [-0.2, -0.15) is 0 Å². The van der Waals surface area contributed by atoms with Crippen LogP contribution in [0.15, 0.2) is 11.0 Å². The minimum absolute atomic E-state index is 0.0313. The van der Waals surface area contributed by atoms with Crippen LogP contribution in [0, 0.1) is 8.99 Å². The van der Waals surface area contributed by atoms with Gasteiger partial charge in [-0.05, 0) is 35.4 Å². The summed E-state index contributed by atoms with van der Waals surface area (Å²) in [6, 6.07) is 0. The van der Waals surface area contributed by atoms with Gasteiger partial charge in [0, 0.05) is 26.3 Å². The third-order valence-electron chi connectivity index (χ3n) is 4.31. The third kappa shape index (κ3) is 2.16. The smallest absolute Gasteiger partial charge is 0.268 e. The summed E-state index contributed by atoms with van der Waals surface area (Å²) in [6.07, 6.45) is 3.15. The molecular formula is C13H16IN3O3. The first-order valence-corrected chi connectivity index (χ1v) is 7.69. The SMILES string of the molecule is Cn1c(N2CCC3(CC2)COCC3=O)ncc(I)c1=O. The van der Waals surface area contributed by atoms with Gasteiger partial charge in [-0.3, -0.25) is 14.2 Å². The number of rotatable bonds is 1. The van der Waals surface area contributed by atoms with Crippen molar-refractivity contribution in [2.24, 2.45) is 12.5 Å². The summed E-state index contributed by atoms with van der Waals surface area (Å²) in [7, 11) is 1.74. The fourth-order valence-corrected chi connectivity index (χ4v) is 3.43. The van der Waals surface area contributed by atoms with Crippen molar-refractivity contribution < 1.29 is 9.53 Å². The molecule has 0 amide bonds. The van der Waals surface area contributed by atoms with E-state index in [1.165, 1.54) is 0 Å². The van der Waals surface area contributed by atoms with Crippen LogP contribution in [-0.2, 0) is 16.6 Å². The minimum atomic E-state index is -0.293. The Balaban J connectivity index is 1.81. The molecule has 2 aliphatic rings. The molecule has 6 nitrogen and oxygen atoms in total. The molecule has 0 N–H and O–H groups in total. The lowest BCUT2D eigenvalue weighted by Crippen LogP contribution is -2.46. The molecule has 0 unspecified atom stereocenters. The zero-order valence-corrected chi connectivity index (χ0v) is 13.4. The van der Waals surface area contributed by atoms with Gasteiger partial charge in [0.05, 0.1) is 15.6 Å². The van der Waals surface area contributed by atoms with Crippen molar-refractivity contribution in [3.8, 4) is 0 Å². The summed E-state index contributed by atoms with van der Waals surface area (Å²) in [6.45, 7) is 2.25. The molecular weight excluding hydrogens is 373 g/mol. The van der Waals surface area contributed by atoms with E-state index in [1.807, 2.05) is 22.6 Å². The molecule has 2 aliphatic heterocycles. The molecule has 0 radical (unpaired) electrons. The van der Waals surface area contributed by atoms with Gasteiger partial charge in [0.25, 0.3) is 5.56 Å². The molecule has 2 fully saturated rings. The second-order valence-corrected chi connectivity index (χ2v) is 6.62. The lowest BCUT2D eigenvalue weighted by molar-refractivity contribution is -0.125. The van der Waals surface area contributed by atoms with Crippen LogP contribution >= 0.6 is 22.6 Å². The first-order chi connectivity index (χ1) is 9.53. The van der Waals surface area contributed by atoms with Crippen LogP contribution < -0.4 is 10.5 Å². The average molecular weight is 389 g/mol. The van der Waals surface area contributed by atoms with E-state index in [4.69, 9.17) is 4.74 Å². The van der Waals surface area contributed by atoms with Crippen LogP contribution in [0.4, 0.5) is 5.95 Å². The predicted octanol–water partition coefficient (Wildman–Crippen LogP) is 0.571. The number of ether oxygens (including phenoxy) is 1. The lowest BCUT2D eigenvalue weighted by Gasteiger charge is -2.37. The maximum Gasteiger partial charge on any atom is 0.268 e. The molecule has 3 rings (SSSR count). The summed E-state index contributed by atoms with van der Waals surface area (Å²) < 4.78 is 7.50. The molecule has 1 aromatic heterocycles. The zero-order valence-electron chi connectivity index (χ0n) is 11.3. The van der Waals surface area contributed by atoms with E-state index in [2.05, 4.69) is 9.88 Å². The van der Waals surface area contributed by atoms with Crippen molar-refractivity contribution in [1.82, 2.24) is 9.55 Å². The molecule has 2 saturated heterocycles. The molecule has 0 atom stereocenters. The van der Waals surface area contributed by atoms with Gasteiger partial charge in [0.15, 0.2) is 5.78 Å². The number of hydrogen-bond donors (Lipinski definition) is 0. The van der Waals surface area contributed by atoms with Crippen molar-refractivity contribution >= 4 is 34.3 Å². The highest BCUT2D eigenvalue weighted by Gasteiger charge is 2.45. The Labute approximate surface area is 130 Å². The van der Waals surface area contributed by atoms with E-state index < -0.39 is 0 Å². The topological polar surface area (TPSA) is 64.4 Å². The largest absolute Gasteiger partial charge is 0.373 e. The minimum Gasteiger partial charge on any atom is -0.373 e. The van der Waals surface area contributed by atoms with Crippen molar-refractivity contribution in [1.29, 1.82) is 0 Å². The van der Waals surface area contributed by atoms with Crippen LogP contribution in [0.1, 0.15) is 12.8 Å². The maximum atomic E-state index is 11.9. The first-order valence-electron chi connectivity index (χ1n) is 6.61. The normalized spacial score (nSPS) is 21.7. The van der Waals surface area contributed by atoms with Crippen LogP contribution in [0.3, 0.4) is 0 Å². The number of aromatic nitrogens is 2. The molecule has 0 saturated carbocycles. The molecule has 20 heavy (non-hydrogen) atoms. The standard InChI is InChI=1S/C13H16IN3O3/c1-16-11(19)9(14)6-15-12(16)17-4-2-13(3-5-17)8-20-7-10(13)18/h6H,2-5,7-8H2,1H3. The maximum absolute atomic E-state index is 11.9. The van der Waals surface area contributed by atoms with Crippen LogP contribution in [0.2, 0.25) is 0 Å². The summed E-state index contributed by atoms with van der Waals surface area (Å²) in [5, 5.41) is 0. The fourth-order valence-electron chi connectivity index (χ4n) is 2.93. The second-order valence-electron chi connectivity index (χ2n) is 5.45. The van der Waals surface area contributed by atoms with E-state index >= 15 is 0 Å². The quantitative estimate of drug-likeness (QED) is 0.658. The number of anilines is 1. The molecule has 0 bridgehead atoms. The molecule has 0 aromatic carbocycles.